The van der Waals surface area contributed by atoms with Gasteiger partial charge in [0.15, 0.2) is 64.5 Å². The first-order valence-corrected chi connectivity index (χ1v) is 25.1. The first-order valence-electron chi connectivity index (χ1n) is 25.1. The zero-order chi connectivity index (χ0) is 59.8. The molecule has 28 heteroatoms. The molecule has 0 saturated carbocycles. The Bertz CT molecular complexity index is 3190. The van der Waals surface area contributed by atoms with Crippen molar-refractivity contribution in [2.75, 3.05) is 34.0 Å². The lowest BCUT2D eigenvalue weighted by Crippen LogP contribution is -2.64. The summed E-state index contributed by atoms with van der Waals surface area (Å²) in [5.41, 5.74) is 0.0273. The molecule has 4 heterocycles. The summed E-state index contributed by atoms with van der Waals surface area (Å²) < 4.78 is 68.7. The molecular formula is C55H57O28+. The fraction of sp³-hybridized carbons (Fsp3) is 0.364. The van der Waals surface area contributed by atoms with Crippen LogP contribution >= 0.6 is 0 Å². The Morgan fingerprint density at radius 2 is 1.24 bits per heavy atom. The molecule has 3 aromatic rings. The largest absolute Gasteiger partial charge is 0.510 e. The van der Waals surface area contributed by atoms with E-state index in [4.69, 9.17) is 61.6 Å². The lowest BCUT2D eigenvalue weighted by molar-refractivity contribution is -0.345. The maximum Gasteiger partial charge on any atom is 0.510 e. The molecule has 3 aromatic carbocycles. The standard InChI is InChI=1S/C55H56O28/c1-72-35-15-24(3-11-30(35)58)5-13-41(63)74-22-39-46(68)48(70)52(83-54-51(44(66)32(60)21-76-54)82-42(64)14-6-25-4-12-31(59)36(16-25)73-2)55(81-39)79-37-19-29-33(77-50(37)26-7-9-27(56)10-8-26)17-28(57)18-34(29)78-53-49(71)47(69)45(67)38(80-53)23-75-43(65)20-40(61)62/h3-19,32,38-39,44-49,51-56,58-60,66-71H,20-23H2,1-2H3,(H,61,62)/p+1. The second kappa shape index (κ2) is 26.7. The Hall–Kier alpha value is -8.39. The van der Waals surface area contributed by atoms with Crippen LogP contribution in [0.1, 0.15) is 17.5 Å². The van der Waals surface area contributed by atoms with Gasteiger partial charge in [-0.1, -0.05) is 12.1 Å². The Kier molecular flexibility index (Phi) is 19.5. The van der Waals surface area contributed by atoms with Crippen molar-refractivity contribution in [2.24, 2.45) is 0 Å². The summed E-state index contributed by atoms with van der Waals surface area (Å²) in [7, 11) is 2.64. The third kappa shape index (κ3) is 14.6. The van der Waals surface area contributed by atoms with Gasteiger partial charge in [-0.2, -0.15) is 0 Å². The van der Waals surface area contributed by atoms with Crippen LogP contribution in [0, 0.1) is 0 Å². The fourth-order valence-corrected chi connectivity index (χ4v) is 8.67. The molecule has 3 fully saturated rings. The van der Waals surface area contributed by atoms with E-state index >= 15 is 0 Å². The molecule has 0 radical (unpaired) electrons. The van der Waals surface area contributed by atoms with Gasteiger partial charge in [0.1, 0.15) is 79.1 Å². The molecule has 14 unspecified atom stereocenters. The second-order valence-corrected chi connectivity index (χ2v) is 18.8. The lowest BCUT2D eigenvalue weighted by Gasteiger charge is -2.44. The number of aliphatic hydroxyl groups is 7. The highest BCUT2D eigenvalue weighted by molar-refractivity contribution is 5.90. The number of aromatic hydroxyl groups is 3. The number of ether oxygens (including phenoxy) is 11. The minimum Gasteiger partial charge on any atom is -0.508 e. The number of esters is 3. The van der Waals surface area contributed by atoms with E-state index in [0.717, 1.165) is 24.3 Å². The van der Waals surface area contributed by atoms with E-state index in [1.807, 2.05) is 0 Å². The summed E-state index contributed by atoms with van der Waals surface area (Å²) in [4.78, 5) is 60.5. The Labute approximate surface area is 468 Å². The molecule has 83 heavy (non-hydrogen) atoms. The molecule has 0 aromatic heterocycles. The van der Waals surface area contributed by atoms with E-state index in [1.54, 1.807) is 0 Å². The van der Waals surface area contributed by atoms with Gasteiger partial charge in [0.05, 0.1) is 32.5 Å². The van der Waals surface area contributed by atoms with Crippen LogP contribution in [0.25, 0.3) is 34.8 Å². The zero-order valence-electron chi connectivity index (χ0n) is 43.6. The Balaban J connectivity index is 1.14. The van der Waals surface area contributed by atoms with Crippen LogP contribution in [-0.4, -0.2) is 205 Å². The van der Waals surface area contributed by atoms with Crippen LogP contribution in [0.3, 0.4) is 0 Å². The van der Waals surface area contributed by atoms with E-state index in [2.05, 4.69) is 0 Å². The number of hydrogen-bond donors (Lipinski definition) is 11. The molecule has 5 aliphatic rings. The molecule has 0 spiro atoms. The minimum absolute atomic E-state index is 0.0795. The summed E-state index contributed by atoms with van der Waals surface area (Å²) in [6, 6.07) is 16.8. The molecular weight excluding hydrogens is 1110 g/mol. The maximum absolute atomic E-state index is 13.4. The van der Waals surface area contributed by atoms with E-state index in [9.17, 15) is 75.0 Å². The van der Waals surface area contributed by atoms with Crippen molar-refractivity contribution in [3.8, 4) is 62.9 Å². The predicted molar refractivity (Wildman–Crippen MR) is 277 cm³/mol. The van der Waals surface area contributed by atoms with E-state index in [-0.39, 0.29) is 57.1 Å². The van der Waals surface area contributed by atoms with Crippen LogP contribution in [0.4, 0.5) is 0 Å². The molecule has 0 bridgehead atoms. The van der Waals surface area contributed by atoms with Crippen molar-refractivity contribution in [2.45, 2.75) is 92.4 Å². The van der Waals surface area contributed by atoms with Crippen molar-refractivity contribution < 1.29 is 132 Å². The first kappa shape index (κ1) is 60.7. The predicted octanol–water partition coefficient (Wildman–Crippen LogP) is -0.104. The summed E-state index contributed by atoms with van der Waals surface area (Å²) in [6.07, 6.45) is -23.0. The Morgan fingerprint density at radius 3 is 1.88 bits per heavy atom. The topological polar surface area (TPSA) is 427 Å². The molecule has 1 aliphatic carbocycles. The molecule has 14 atom stereocenters. The molecule has 0 amide bonds. The van der Waals surface area contributed by atoms with Crippen LogP contribution in [0.15, 0.2) is 100 Å². The van der Waals surface area contributed by atoms with Gasteiger partial charge in [-0.05, 0) is 77.9 Å². The highest BCUT2D eigenvalue weighted by Crippen LogP contribution is 2.44. The number of methoxy groups -OCH3 is 2. The average molecular weight is 1170 g/mol. The number of hydrogen-bond acceptors (Lipinski definition) is 26. The molecule has 3 saturated heterocycles. The molecule has 12 N–H and O–H groups in total. The van der Waals surface area contributed by atoms with E-state index in [1.165, 1.54) is 93.1 Å². The van der Waals surface area contributed by atoms with Crippen molar-refractivity contribution in [3.63, 3.8) is 0 Å². The minimum atomic E-state index is -2.11. The third-order valence-electron chi connectivity index (χ3n) is 13.0. The number of carbonyl (C=O) groups excluding carboxylic acids is 3. The van der Waals surface area contributed by atoms with Gasteiger partial charge < -0.3 is 117 Å². The van der Waals surface area contributed by atoms with Crippen molar-refractivity contribution >= 4 is 36.0 Å². The van der Waals surface area contributed by atoms with Gasteiger partial charge in [-0.25, -0.2) is 4.79 Å². The number of carboxylic acids is 1. The van der Waals surface area contributed by atoms with Gasteiger partial charge in [0.25, 0.3) is 0 Å². The average Bonchev–Trinajstić information content (AvgIpc) is 2.85. The number of phenols is 3. The van der Waals surface area contributed by atoms with Crippen molar-refractivity contribution in [1.29, 1.82) is 0 Å². The van der Waals surface area contributed by atoms with Gasteiger partial charge >= 0.3 is 23.9 Å². The second-order valence-electron chi connectivity index (χ2n) is 18.8. The number of fused-ring (bicyclic) bond motifs is 1. The summed E-state index contributed by atoms with van der Waals surface area (Å²) >= 11 is 0. The smallest absolute Gasteiger partial charge is 0.508 e. The van der Waals surface area contributed by atoms with Crippen molar-refractivity contribution in [3.05, 3.63) is 112 Å². The summed E-state index contributed by atoms with van der Waals surface area (Å²) in [5, 5.41) is 117. The quantitative estimate of drug-likeness (QED) is 0.0159. The third-order valence-corrected chi connectivity index (χ3v) is 13.0. The van der Waals surface area contributed by atoms with Crippen LogP contribution < -0.4 is 24.4 Å². The molecule has 28 nitrogen and oxygen atoms in total. The van der Waals surface area contributed by atoms with E-state index in [0.29, 0.717) is 11.1 Å². The SMILES string of the molecule is COc1cc(C=CC(=O)OC2C(OC3C(Oc4cc5c(OC6OC(COC(=O)CC(=O)O)C(O)C(O)C6O)cc(=O)cc-5oc4-c4ccc(O)cc4)OC(COC(=[OH+])C=Cc4ccc(O)c(OC)c4)C(O)C3O)OCC(O)C2O)ccc1O. The number of rotatable bonds is 20. The zero-order valence-corrected chi connectivity index (χ0v) is 43.6. The van der Waals surface area contributed by atoms with Gasteiger partial charge in [-0.15, -0.1) is 0 Å². The molecule has 4 aliphatic heterocycles. The fourth-order valence-electron chi connectivity index (χ4n) is 8.67. The number of carboxylic acid groups (broad SMARTS) is 1. The summed E-state index contributed by atoms with van der Waals surface area (Å²) in [5.74, 6) is -6.25. The number of phenolic OH excluding ortho intramolecular Hbond substituents is 3. The Morgan fingerprint density at radius 1 is 0.639 bits per heavy atom. The van der Waals surface area contributed by atoms with Gasteiger partial charge in [-0.3, -0.25) is 14.4 Å². The van der Waals surface area contributed by atoms with Crippen LogP contribution in [0.2, 0.25) is 0 Å². The summed E-state index contributed by atoms with van der Waals surface area (Å²) in [6.45, 7) is -2.19. The molecule has 444 valence electrons. The first-order chi connectivity index (χ1) is 39.6. The van der Waals surface area contributed by atoms with Gasteiger partial charge in [0, 0.05) is 23.8 Å². The highest BCUT2D eigenvalue weighted by atomic mass is 16.8. The van der Waals surface area contributed by atoms with Crippen LogP contribution in [0.5, 0.6) is 40.2 Å². The monoisotopic (exact) mass is 1170 g/mol. The number of aliphatic hydroxyl groups excluding tert-OH is 7. The number of aliphatic carboxylic acids is 1. The van der Waals surface area contributed by atoms with E-state index < -0.39 is 147 Å². The van der Waals surface area contributed by atoms with Gasteiger partial charge in [0.2, 0.25) is 19.2 Å². The number of benzene rings is 4. The highest BCUT2D eigenvalue weighted by Gasteiger charge is 2.53. The molecule has 8 rings (SSSR count). The number of carbonyl (C=O) groups is 3. The normalized spacial score (nSPS) is 27.2. The maximum atomic E-state index is 13.4. The van der Waals surface area contributed by atoms with Crippen molar-refractivity contribution in [1.82, 2.24) is 0 Å². The lowest BCUT2D eigenvalue weighted by atomic mass is 9.98. The van der Waals surface area contributed by atoms with Crippen LogP contribution in [-0.2, 0) is 47.5 Å².